The fourth-order valence-electron chi connectivity index (χ4n) is 2.77. The molecule has 132 valence electrons. The molecule has 1 N–H and O–H groups in total. The lowest BCUT2D eigenvalue weighted by Crippen LogP contribution is -2.28. The molecule has 0 aliphatic carbocycles. The van der Waals surface area contributed by atoms with E-state index in [1.54, 1.807) is 42.5 Å². The van der Waals surface area contributed by atoms with E-state index in [9.17, 15) is 13.2 Å². The molecule has 2 aromatic rings. The highest BCUT2D eigenvalue weighted by molar-refractivity contribution is 9.10. The van der Waals surface area contributed by atoms with E-state index in [2.05, 4.69) is 21.2 Å². The van der Waals surface area contributed by atoms with E-state index in [4.69, 9.17) is 0 Å². The highest BCUT2D eigenvalue weighted by Gasteiger charge is 2.26. The molecule has 3 rings (SSSR count). The fraction of sp³-hybridized carbons (Fsp3) is 0.278. The van der Waals surface area contributed by atoms with Gasteiger partial charge in [0.15, 0.2) is 0 Å². The van der Waals surface area contributed by atoms with Gasteiger partial charge in [0, 0.05) is 29.7 Å². The smallest absolute Gasteiger partial charge is 0.251 e. The van der Waals surface area contributed by atoms with Gasteiger partial charge in [-0.3, -0.25) is 4.79 Å². The van der Waals surface area contributed by atoms with Crippen LogP contribution < -0.4 is 5.32 Å². The largest absolute Gasteiger partial charge is 0.348 e. The van der Waals surface area contributed by atoms with Crippen LogP contribution in [0.15, 0.2) is 57.9 Å². The Morgan fingerprint density at radius 2 is 1.76 bits per heavy atom. The molecule has 25 heavy (non-hydrogen) atoms. The molecule has 1 saturated heterocycles. The molecule has 0 unspecified atom stereocenters. The summed E-state index contributed by atoms with van der Waals surface area (Å²) in [6.45, 7) is 1.52. The highest BCUT2D eigenvalue weighted by atomic mass is 79.9. The number of carbonyl (C=O) groups excluding carboxylic acids is 1. The zero-order valence-electron chi connectivity index (χ0n) is 13.6. The topological polar surface area (TPSA) is 66.5 Å². The van der Waals surface area contributed by atoms with Crippen LogP contribution in [-0.2, 0) is 16.6 Å². The van der Waals surface area contributed by atoms with Crippen molar-refractivity contribution in [3.63, 3.8) is 0 Å². The molecular weight excluding hydrogens is 404 g/mol. The second kappa shape index (κ2) is 7.68. The summed E-state index contributed by atoms with van der Waals surface area (Å²) in [5.74, 6) is -0.171. The Hall–Kier alpha value is -1.70. The van der Waals surface area contributed by atoms with Gasteiger partial charge in [-0.15, -0.1) is 0 Å². The SMILES string of the molecule is O=C(NCc1ccc(S(=O)(=O)N2CCCC2)cc1)c1cccc(Br)c1. The highest BCUT2D eigenvalue weighted by Crippen LogP contribution is 2.21. The van der Waals surface area contributed by atoms with Crippen molar-refractivity contribution in [1.82, 2.24) is 9.62 Å². The van der Waals surface area contributed by atoms with Gasteiger partial charge in [-0.1, -0.05) is 34.1 Å². The molecule has 5 nitrogen and oxygen atoms in total. The number of rotatable bonds is 5. The van der Waals surface area contributed by atoms with Gasteiger partial charge in [-0.25, -0.2) is 8.42 Å². The molecule has 0 aromatic heterocycles. The number of halogens is 1. The quantitative estimate of drug-likeness (QED) is 0.804. The predicted octanol–water partition coefficient (Wildman–Crippen LogP) is 3.16. The summed E-state index contributed by atoms with van der Waals surface area (Å²) in [6.07, 6.45) is 1.83. The number of hydrogen-bond acceptors (Lipinski definition) is 3. The Labute approximate surface area is 156 Å². The van der Waals surface area contributed by atoms with Crippen LogP contribution in [0.4, 0.5) is 0 Å². The average molecular weight is 423 g/mol. The van der Waals surface area contributed by atoms with Crippen molar-refractivity contribution in [1.29, 1.82) is 0 Å². The number of benzene rings is 2. The van der Waals surface area contributed by atoms with Crippen LogP contribution in [-0.4, -0.2) is 31.7 Å². The molecule has 0 atom stereocenters. The number of amides is 1. The molecule has 1 fully saturated rings. The van der Waals surface area contributed by atoms with Crippen LogP contribution in [0, 0.1) is 0 Å². The third kappa shape index (κ3) is 4.29. The number of sulfonamides is 1. The van der Waals surface area contributed by atoms with Crippen LogP contribution in [0.1, 0.15) is 28.8 Å². The number of nitrogens with zero attached hydrogens (tertiary/aromatic N) is 1. The Morgan fingerprint density at radius 1 is 1.08 bits per heavy atom. The van der Waals surface area contributed by atoms with Gasteiger partial charge in [0.1, 0.15) is 0 Å². The van der Waals surface area contributed by atoms with E-state index in [1.807, 2.05) is 6.07 Å². The van der Waals surface area contributed by atoms with E-state index in [1.165, 1.54) is 4.31 Å². The summed E-state index contributed by atoms with van der Waals surface area (Å²) in [7, 11) is -3.39. The van der Waals surface area contributed by atoms with Gasteiger partial charge in [-0.2, -0.15) is 4.31 Å². The van der Waals surface area contributed by atoms with Crippen molar-refractivity contribution in [2.24, 2.45) is 0 Å². The molecule has 1 amide bonds. The Morgan fingerprint density at radius 3 is 2.40 bits per heavy atom. The lowest BCUT2D eigenvalue weighted by molar-refractivity contribution is 0.0951. The van der Waals surface area contributed by atoms with Gasteiger partial charge >= 0.3 is 0 Å². The Kier molecular flexibility index (Phi) is 5.56. The van der Waals surface area contributed by atoms with E-state index in [-0.39, 0.29) is 5.91 Å². The molecule has 0 saturated carbocycles. The van der Waals surface area contributed by atoms with Crippen LogP contribution in [0.5, 0.6) is 0 Å². The van der Waals surface area contributed by atoms with E-state index < -0.39 is 10.0 Å². The number of hydrogen-bond donors (Lipinski definition) is 1. The van der Waals surface area contributed by atoms with Crippen molar-refractivity contribution in [3.8, 4) is 0 Å². The molecule has 1 aliphatic heterocycles. The molecular formula is C18H19BrN2O3S. The van der Waals surface area contributed by atoms with E-state index in [0.29, 0.717) is 30.1 Å². The predicted molar refractivity (Wildman–Crippen MR) is 99.7 cm³/mol. The molecule has 1 aliphatic rings. The summed E-state index contributed by atoms with van der Waals surface area (Å²) >= 11 is 3.34. The third-order valence-corrected chi connectivity index (χ3v) is 6.57. The summed E-state index contributed by atoms with van der Waals surface area (Å²) in [4.78, 5) is 12.4. The first-order valence-electron chi connectivity index (χ1n) is 8.10. The zero-order valence-corrected chi connectivity index (χ0v) is 16.0. The third-order valence-electron chi connectivity index (χ3n) is 4.17. The summed E-state index contributed by atoms with van der Waals surface area (Å²) in [5.41, 5.74) is 1.42. The Bertz CT molecular complexity index is 860. The van der Waals surface area contributed by atoms with Gasteiger partial charge in [-0.05, 0) is 48.7 Å². The van der Waals surface area contributed by atoms with E-state index in [0.717, 1.165) is 22.9 Å². The second-order valence-corrected chi connectivity index (χ2v) is 8.80. The minimum Gasteiger partial charge on any atom is -0.348 e. The molecule has 7 heteroatoms. The van der Waals surface area contributed by atoms with Crippen LogP contribution in [0.2, 0.25) is 0 Å². The minimum absolute atomic E-state index is 0.171. The van der Waals surface area contributed by atoms with Gasteiger partial charge in [0.25, 0.3) is 5.91 Å². The maximum absolute atomic E-state index is 12.5. The maximum Gasteiger partial charge on any atom is 0.251 e. The fourth-order valence-corrected chi connectivity index (χ4v) is 4.69. The minimum atomic E-state index is -3.39. The normalized spacial score (nSPS) is 15.2. The van der Waals surface area contributed by atoms with Crippen molar-refractivity contribution in [3.05, 3.63) is 64.1 Å². The van der Waals surface area contributed by atoms with Crippen molar-refractivity contribution < 1.29 is 13.2 Å². The summed E-state index contributed by atoms with van der Waals surface area (Å²) < 4.78 is 27.3. The second-order valence-electron chi connectivity index (χ2n) is 5.95. The first kappa shape index (κ1) is 18.1. The standard InChI is InChI=1S/C18H19BrN2O3S/c19-16-5-3-4-15(12-16)18(22)20-13-14-6-8-17(9-7-14)25(23,24)21-10-1-2-11-21/h3-9,12H,1-2,10-11,13H2,(H,20,22). The molecule has 2 aromatic carbocycles. The summed E-state index contributed by atoms with van der Waals surface area (Å²) in [6, 6.07) is 13.8. The molecule has 0 radical (unpaired) electrons. The lowest BCUT2D eigenvalue weighted by atomic mass is 10.2. The maximum atomic E-state index is 12.5. The zero-order chi connectivity index (χ0) is 17.9. The van der Waals surface area contributed by atoms with E-state index >= 15 is 0 Å². The average Bonchev–Trinajstić information content (AvgIpc) is 3.15. The molecule has 0 bridgehead atoms. The number of carbonyl (C=O) groups is 1. The summed E-state index contributed by atoms with van der Waals surface area (Å²) in [5, 5.41) is 2.84. The van der Waals surface area contributed by atoms with Gasteiger partial charge in [0.05, 0.1) is 4.90 Å². The molecule has 0 spiro atoms. The Balaban J connectivity index is 1.64. The first-order chi connectivity index (χ1) is 12.0. The van der Waals surface area contributed by atoms with Crippen molar-refractivity contribution in [2.75, 3.05) is 13.1 Å². The van der Waals surface area contributed by atoms with Crippen LogP contribution in [0.3, 0.4) is 0 Å². The van der Waals surface area contributed by atoms with Gasteiger partial charge < -0.3 is 5.32 Å². The first-order valence-corrected chi connectivity index (χ1v) is 10.3. The van der Waals surface area contributed by atoms with Crippen LogP contribution in [0.25, 0.3) is 0 Å². The van der Waals surface area contributed by atoms with Crippen LogP contribution >= 0.6 is 15.9 Å². The van der Waals surface area contributed by atoms with Gasteiger partial charge in [0.2, 0.25) is 10.0 Å². The van der Waals surface area contributed by atoms with Crippen molar-refractivity contribution in [2.45, 2.75) is 24.3 Å². The molecule has 1 heterocycles. The lowest BCUT2D eigenvalue weighted by Gasteiger charge is -2.15. The number of nitrogens with one attached hydrogen (secondary N) is 1. The monoisotopic (exact) mass is 422 g/mol. The van der Waals surface area contributed by atoms with Crippen molar-refractivity contribution >= 4 is 31.9 Å².